The van der Waals surface area contributed by atoms with Crippen molar-refractivity contribution >= 4 is 46.6 Å². The largest absolute Gasteiger partial charge is 0.352 e. The van der Waals surface area contributed by atoms with E-state index in [-0.39, 0.29) is 27.4 Å². The third-order valence-electron chi connectivity index (χ3n) is 5.58. The number of amides is 2. The number of nitriles is 1. The van der Waals surface area contributed by atoms with Crippen LogP contribution in [0.25, 0.3) is 11.1 Å². The maximum atomic E-state index is 12.3. The number of Topliss-reactive ketones (excluding diaryl/α,β-unsaturated/α-hetero) is 1. The summed E-state index contributed by atoms with van der Waals surface area (Å²) in [6.45, 7) is 5.06. The Hall–Kier alpha value is -3.15. The fourth-order valence-electron chi connectivity index (χ4n) is 3.64. The SMILES string of the molecule is CC(C)C(=O)C(=O)N1CCN(c2ncc(-c3cc(Cl)c(C(=O)N(C)C)c(Cl)c3)cc2C#N)CC1. The number of rotatable bonds is 5. The molecule has 0 saturated carbocycles. The molecule has 3 rings (SSSR count). The first-order chi connectivity index (χ1) is 16.0. The quantitative estimate of drug-likeness (QED) is 0.581. The van der Waals surface area contributed by atoms with Crippen molar-refractivity contribution in [2.24, 2.45) is 5.92 Å². The second-order valence-electron chi connectivity index (χ2n) is 8.52. The molecule has 1 saturated heterocycles. The Morgan fingerprint density at radius 1 is 1.03 bits per heavy atom. The number of hydrogen-bond donors (Lipinski definition) is 0. The van der Waals surface area contributed by atoms with Crippen LogP contribution in [0.1, 0.15) is 29.8 Å². The van der Waals surface area contributed by atoms with Gasteiger partial charge >= 0.3 is 0 Å². The minimum Gasteiger partial charge on any atom is -0.352 e. The van der Waals surface area contributed by atoms with Crippen LogP contribution in [0.4, 0.5) is 5.82 Å². The van der Waals surface area contributed by atoms with Gasteiger partial charge in [0.1, 0.15) is 11.9 Å². The van der Waals surface area contributed by atoms with Gasteiger partial charge in [-0.1, -0.05) is 37.0 Å². The zero-order chi connectivity index (χ0) is 25.2. The topological polar surface area (TPSA) is 97.6 Å². The summed E-state index contributed by atoms with van der Waals surface area (Å²) in [5, 5.41) is 10.2. The first-order valence-electron chi connectivity index (χ1n) is 10.7. The van der Waals surface area contributed by atoms with Crippen molar-refractivity contribution in [3.8, 4) is 17.2 Å². The average Bonchev–Trinajstić information content (AvgIpc) is 2.82. The van der Waals surface area contributed by atoms with Crippen molar-refractivity contribution in [3.63, 3.8) is 0 Å². The zero-order valence-corrected chi connectivity index (χ0v) is 20.9. The molecule has 1 aromatic heterocycles. The van der Waals surface area contributed by atoms with E-state index in [0.717, 1.165) is 0 Å². The van der Waals surface area contributed by atoms with E-state index in [0.29, 0.717) is 48.7 Å². The van der Waals surface area contributed by atoms with Crippen LogP contribution >= 0.6 is 23.2 Å². The summed E-state index contributed by atoms with van der Waals surface area (Å²) >= 11 is 12.7. The second-order valence-corrected chi connectivity index (χ2v) is 9.33. The molecule has 0 radical (unpaired) electrons. The normalized spacial score (nSPS) is 13.6. The van der Waals surface area contributed by atoms with Crippen LogP contribution in [0, 0.1) is 17.2 Å². The first-order valence-corrected chi connectivity index (χ1v) is 11.5. The van der Waals surface area contributed by atoms with Gasteiger partial charge in [0.05, 0.1) is 21.2 Å². The molecular formula is C24H25Cl2N5O3. The highest BCUT2D eigenvalue weighted by molar-refractivity contribution is 6.40. The number of carbonyl (C=O) groups is 3. The smallest absolute Gasteiger partial charge is 0.290 e. The molecule has 2 amide bonds. The van der Waals surface area contributed by atoms with E-state index < -0.39 is 11.7 Å². The van der Waals surface area contributed by atoms with E-state index in [1.54, 1.807) is 57.2 Å². The van der Waals surface area contributed by atoms with E-state index >= 15 is 0 Å². The Bertz CT molecular complexity index is 1160. The van der Waals surface area contributed by atoms with Gasteiger partial charge in [-0.3, -0.25) is 14.4 Å². The molecule has 1 aromatic carbocycles. The molecule has 8 nitrogen and oxygen atoms in total. The highest BCUT2D eigenvalue weighted by atomic mass is 35.5. The Labute approximate surface area is 208 Å². The molecule has 1 aliphatic heterocycles. The summed E-state index contributed by atoms with van der Waals surface area (Å²) < 4.78 is 0. The van der Waals surface area contributed by atoms with Gasteiger partial charge in [-0.05, 0) is 23.8 Å². The van der Waals surface area contributed by atoms with Gasteiger partial charge < -0.3 is 14.7 Å². The van der Waals surface area contributed by atoms with Gasteiger partial charge in [0, 0.05) is 58.0 Å². The van der Waals surface area contributed by atoms with E-state index in [2.05, 4.69) is 11.1 Å². The molecule has 2 aromatic rings. The molecule has 178 valence electrons. The Morgan fingerprint density at radius 3 is 2.12 bits per heavy atom. The number of halogens is 2. The standard InChI is InChI=1S/C24H25Cl2N5O3/c1-14(2)21(32)24(34)31-7-5-30(6-8-31)22-16(12-27)9-17(13-28-22)15-10-18(25)20(19(26)11-15)23(33)29(3)4/h9-11,13-14H,5-8H2,1-4H3. The lowest BCUT2D eigenvalue weighted by atomic mass is 10.0. The van der Waals surface area contributed by atoms with Gasteiger partial charge in [-0.15, -0.1) is 0 Å². The number of hydrogen-bond acceptors (Lipinski definition) is 6. The Morgan fingerprint density at radius 2 is 1.62 bits per heavy atom. The maximum absolute atomic E-state index is 12.3. The van der Waals surface area contributed by atoms with Gasteiger partial charge in [0.2, 0.25) is 5.78 Å². The predicted octanol–water partition coefficient (Wildman–Crippen LogP) is 3.50. The maximum Gasteiger partial charge on any atom is 0.290 e. The minimum atomic E-state index is -0.469. The molecule has 10 heteroatoms. The van der Waals surface area contributed by atoms with Crippen LogP contribution < -0.4 is 4.90 Å². The summed E-state index contributed by atoms with van der Waals surface area (Å²) in [5.41, 5.74) is 1.83. The van der Waals surface area contributed by atoms with Crippen molar-refractivity contribution in [3.05, 3.63) is 45.6 Å². The highest BCUT2D eigenvalue weighted by Crippen LogP contribution is 2.33. The monoisotopic (exact) mass is 501 g/mol. The lowest BCUT2D eigenvalue weighted by molar-refractivity contribution is -0.146. The third-order valence-corrected chi connectivity index (χ3v) is 6.18. The molecule has 2 heterocycles. The Balaban J connectivity index is 1.83. The van der Waals surface area contributed by atoms with E-state index in [1.807, 2.05) is 4.90 Å². The molecule has 0 N–H and O–H groups in total. The molecule has 0 spiro atoms. The number of aromatic nitrogens is 1. The second kappa shape index (κ2) is 10.4. The fourth-order valence-corrected chi connectivity index (χ4v) is 4.29. The number of piperazine rings is 1. The summed E-state index contributed by atoms with van der Waals surface area (Å²) in [7, 11) is 3.23. The fraction of sp³-hybridized carbons (Fsp3) is 0.375. The highest BCUT2D eigenvalue weighted by Gasteiger charge is 2.28. The minimum absolute atomic E-state index is 0.209. The van der Waals surface area contributed by atoms with Crippen molar-refractivity contribution in [2.75, 3.05) is 45.2 Å². The number of ketones is 1. The average molecular weight is 502 g/mol. The van der Waals surface area contributed by atoms with Crippen molar-refractivity contribution < 1.29 is 14.4 Å². The van der Waals surface area contributed by atoms with E-state index in [9.17, 15) is 19.6 Å². The number of nitrogens with zero attached hydrogens (tertiary/aromatic N) is 5. The Kier molecular flexibility index (Phi) is 7.80. The van der Waals surface area contributed by atoms with Crippen molar-refractivity contribution in [1.82, 2.24) is 14.8 Å². The molecule has 0 bridgehead atoms. The number of anilines is 1. The lowest BCUT2D eigenvalue weighted by Gasteiger charge is -2.35. The summed E-state index contributed by atoms with van der Waals surface area (Å²) in [6.07, 6.45) is 1.62. The van der Waals surface area contributed by atoms with E-state index in [1.165, 1.54) is 4.90 Å². The van der Waals surface area contributed by atoms with Crippen molar-refractivity contribution in [1.29, 1.82) is 5.26 Å². The molecule has 1 aliphatic rings. The van der Waals surface area contributed by atoms with Crippen LogP contribution in [-0.4, -0.2) is 72.7 Å². The third kappa shape index (κ3) is 5.16. The van der Waals surface area contributed by atoms with Crippen LogP contribution in [0.3, 0.4) is 0 Å². The number of carbonyl (C=O) groups excluding carboxylic acids is 3. The van der Waals surface area contributed by atoms with Gasteiger partial charge in [0.25, 0.3) is 11.8 Å². The van der Waals surface area contributed by atoms with Crippen LogP contribution in [-0.2, 0) is 9.59 Å². The van der Waals surface area contributed by atoms with Crippen LogP contribution in [0.5, 0.6) is 0 Å². The summed E-state index contributed by atoms with van der Waals surface area (Å²) in [4.78, 5) is 46.0. The predicted molar refractivity (Wildman–Crippen MR) is 131 cm³/mol. The molecule has 0 aliphatic carbocycles. The molecule has 0 atom stereocenters. The van der Waals surface area contributed by atoms with Crippen LogP contribution in [0.2, 0.25) is 10.0 Å². The van der Waals surface area contributed by atoms with Crippen LogP contribution in [0.15, 0.2) is 24.4 Å². The molecule has 0 unspecified atom stereocenters. The van der Waals surface area contributed by atoms with E-state index in [4.69, 9.17) is 23.2 Å². The van der Waals surface area contributed by atoms with Gasteiger partial charge in [-0.25, -0.2) is 4.98 Å². The zero-order valence-electron chi connectivity index (χ0n) is 19.4. The molecule has 34 heavy (non-hydrogen) atoms. The molecule has 1 fully saturated rings. The van der Waals surface area contributed by atoms with Gasteiger partial charge in [0.15, 0.2) is 0 Å². The first kappa shape index (κ1) is 25.5. The number of benzene rings is 1. The van der Waals surface area contributed by atoms with Crippen molar-refractivity contribution in [2.45, 2.75) is 13.8 Å². The number of pyridine rings is 1. The summed E-state index contributed by atoms with van der Waals surface area (Å²) in [5.74, 6) is -1.01. The lowest BCUT2D eigenvalue weighted by Crippen LogP contribution is -2.51. The molecular weight excluding hydrogens is 477 g/mol. The van der Waals surface area contributed by atoms with Gasteiger partial charge in [-0.2, -0.15) is 5.26 Å². The summed E-state index contributed by atoms with van der Waals surface area (Å²) in [6, 6.07) is 7.12.